The van der Waals surface area contributed by atoms with Crippen LogP contribution in [0.4, 0.5) is 19.1 Å². The highest BCUT2D eigenvalue weighted by Crippen LogP contribution is 2.37. The Kier molecular flexibility index (Phi) is 5.94. The van der Waals surface area contributed by atoms with Crippen LogP contribution in [0.2, 0.25) is 0 Å². The Morgan fingerprint density at radius 1 is 1.16 bits per heavy atom. The second-order valence-electron chi connectivity index (χ2n) is 7.40. The predicted octanol–water partition coefficient (Wildman–Crippen LogP) is 2.93. The number of sulfonamides is 1. The van der Waals surface area contributed by atoms with Crippen LogP contribution >= 0.6 is 11.3 Å². The fourth-order valence-electron chi connectivity index (χ4n) is 3.39. The Balaban J connectivity index is 1.48. The van der Waals surface area contributed by atoms with E-state index in [4.69, 9.17) is 0 Å². The summed E-state index contributed by atoms with van der Waals surface area (Å²) in [7, 11) is -2.00. The molecule has 1 N–H and O–H groups in total. The lowest BCUT2D eigenvalue weighted by atomic mass is 10.1. The van der Waals surface area contributed by atoms with Gasteiger partial charge in [-0.2, -0.15) is 22.6 Å². The maximum absolute atomic E-state index is 13.4. The maximum Gasteiger partial charge on any atom is 0.420 e. The first kappa shape index (κ1) is 22.6. The third-order valence-electron chi connectivity index (χ3n) is 5.02. The van der Waals surface area contributed by atoms with Gasteiger partial charge in [0, 0.05) is 49.6 Å². The molecule has 4 heterocycles. The molecule has 4 rings (SSSR count). The summed E-state index contributed by atoms with van der Waals surface area (Å²) in [4.78, 5) is 12.9. The first-order valence-electron chi connectivity index (χ1n) is 9.66. The summed E-state index contributed by atoms with van der Waals surface area (Å²) in [5.74, 6) is 0.0504. The highest BCUT2D eigenvalue weighted by atomic mass is 32.2. The van der Waals surface area contributed by atoms with Gasteiger partial charge in [0.2, 0.25) is 16.0 Å². The van der Waals surface area contributed by atoms with Crippen molar-refractivity contribution in [3.8, 4) is 10.7 Å². The summed E-state index contributed by atoms with van der Waals surface area (Å²) < 4.78 is 68.5. The third-order valence-corrected chi connectivity index (χ3v) is 7.80. The number of thiazole rings is 1. The van der Waals surface area contributed by atoms with E-state index in [0.717, 1.165) is 22.4 Å². The van der Waals surface area contributed by atoms with Crippen molar-refractivity contribution in [3.05, 3.63) is 35.2 Å². The van der Waals surface area contributed by atoms with Gasteiger partial charge in [-0.25, -0.2) is 23.4 Å². The number of piperidine rings is 1. The normalized spacial score (nSPS) is 16.4. The Bertz CT molecular complexity index is 1220. The Morgan fingerprint density at radius 2 is 1.88 bits per heavy atom. The minimum Gasteiger partial charge on any atom is -0.351 e. The summed E-state index contributed by atoms with van der Waals surface area (Å²) >= 11 is 1.12. The van der Waals surface area contributed by atoms with Gasteiger partial charge in [-0.05, 0) is 19.8 Å². The van der Waals surface area contributed by atoms with Crippen LogP contribution in [0, 0.1) is 6.92 Å². The van der Waals surface area contributed by atoms with Gasteiger partial charge in [0.1, 0.15) is 21.2 Å². The lowest BCUT2D eigenvalue weighted by molar-refractivity contribution is -0.137. The van der Waals surface area contributed by atoms with Gasteiger partial charge in [-0.1, -0.05) is 0 Å². The maximum atomic E-state index is 13.4. The van der Waals surface area contributed by atoms with E-state index in [1.807, 2.05) is 0 Å². The molecule has 0 aliphatic carbocycles. The quantitative estimate of drug-likeness (QED) is 0.590. The summed E-state index contributed by atoms with van der Waals surface area (Å²) in [5.41, 5.74) is -1.22. The van der Waals surface area contributed by atoms with Crippen molar-refractivity contribution < 1.29 is 21.6 Å². The molecular weight excluding hydrogens is 467 g/mol. The van der Waals surface area contributed by atoms with Crippen molar-refractivity contribution in [2.24, 2.45) is 7.05 Å². The van der Waals surface area contributed by atoms with E-state index in [1.54, 1.807) is 14.0 Å². The summed E-state index contributed by atoms with van der Waals surface area (Å²) in [6.45, 7) is 2.27. The molecule has 32 heavy (non-hydrogen) atoms. The number of alkyl halides is 3. The van der Waals surface area contributed by atoms with Crippen LogP contribution in [-0.4, -0.2) is 56.6 Å². The molecule has 0 spiro atoms. The molecule has 1 aliphatic heterocycles. The van der Waals surface area contributed by atoms with Crippen LogP contribution in [-0.2, 0) is 23.2 Å². The van der Waals surface area contributed by atoms with Crippen LogP contribution in [0.5, 0.6) is 0 Å². The van der Waals surface area contributed by atoms with E-state index < -0.39 is 21.8 Å². The molecule has 3 aromatic heterocycles. The molecular formula is C18H20F3N7O2S2. The van der Waals surface area contributed by atoms with E-state index >= 15 is 0 Å². The van der Waals surface area contributed by atoms with Crippen LogP contribution in [0.1, 0.15) is 23.3 Å². The summed E-state index contributed by atoms with van der Waals surface area (Å²) in [5, 5.41) is 7.11. The molecule has 0 radical (unpaired) electrons. The molecule has 172 valence electrons. The minimum atomic E-state index is -4.61. The topological polar surface area (TPSA) is 106 Å². The van der Waals surface area contributed by atoms with Crippen LogP contribution in [0.3, 0.4) is 0 Å². The highest BCUT2D eigenvalue weighted by molar-refractivity contribution is 7.89. The lowest BCUT2D eigenvalue weighted by Crippen LogP contribution is -2.42. The molecule has 3 aromatic rings. The van der Waals surface area contributed by atoms with E-state index in [9.17, 15) is 21.6 Å². The van der Waals surface area contributed by atoms with Crippen molar-refractivity contribution in [2.75, 3.05) is 18.4 Å². The van der Waals surface area contributed by atoms with E-state index in [0.29, 0.717) is 12.8 Å². The molecule has 1 aliphatic rings. The second kappa shape index (κ2) is 8.41. The van der Waals surface area contributed by atoms with Gasteiger partial charge >= 0.3 is 6.18 Å². The summed E-state index contributed by atoms with van der Waals surface area (Å²) in [6.07, 6.45) is 1.29. The molecule has 0 unspecified atom stereocenters. The van der Waals surface area contributed by atoms with Crippen molar-refractivity contribution >= 4 is 27.3 Å². The fraction of sp³-hybridized carbons (Fsp3) is 0.444. The first-order valence-corrected chi connectivity index (χ1v) is 11.9. The number of nitrogens with one attached hydrogen (secondary N) is 1. The zero-order chi connectivity index (χ0) is 23.1. The molecule has 1 fully saturated rings. The Morgan fingerprint density at radius 3 is 2.44 bits per heavy atom. The molecule has 0 bridgehead atoms. The number of nitrogens with zero attached hydrogens (tertiary/aromatic N) is 6. The van der Waals surface area contributed by atoms with Crippen LogP contribution < -0.4 is 5.32 Å². The average molecular weight is 488 g/mol. The zero-order valence-electron chi connectivity index (χ0n) is 17.2. The molecule has 0 aromatic carbocycles. The van der Waals surface area contributed by atoms with Crippen LogP contribution in [0.15, 0.2) is 29.7 Å². The molecule has 0 amide bonds. The highest BCUT2D eigenvalue weighted by Gasteiger charge is 2.37. The molecule has 9 nitrogen and oxygen atoms in total. The van der Waals surface area contributed by atoms with Gasteiger partial charge in [-0.15, -0.1) is 11.3 Å². The number of anilines is 1. The first-order chi connectivity index (χ1) is 15.0. The van der Waals surface area contributed by atoms with Crippen molar-refractivity contribution in [3.63, 3.8) is 0 Å². The van der Waals surface area contributed by atoms with E-state index in [-0.39, 0.29) is 40.7 Å². The number of aryl methyl sites for hydroxylation is 2. The van der Waals surface area contributed by atoms with Crippen LogP contribution in [0.25, 0.3) is 10.7 Å². The predicted molar refractivity (Wildman–Crippen MR) is 111 cm³/mol. The number of rotatable bonds is 5. The number of halogens is 3. The number of hydrogen-bond donors (Lipinski definition) is 1. The molecule has 0 atom stereocenters. The largest absolute Gasteiger partial charge is 0.420 e. The second-order valence-corrected chi connectivity index (χ2v) is 10.6. The Labute approximate surface area is 186 Å². The third kappa shape index (κ3) is 4.61. The number of hydrogen-bond acceptors (Lipinski definition) is 8. The Hall–Kier alpha value is -2.58. The standard InChI is InChI=1S/C18H20F3N7O2S2/c1-11-7-22-16(31-11)15-14(18(19,20)21)9-23-17(26-15)25-12-3-5-28(6-4-12)32(29,30)13-8-24-27(2)10-13/h7-10,12H,3-6H2,1-2H3,(H,23,25,26). The van der Waals surface area contributed by atoms with Gasteiger partial charge in [-0.3, -0.25) is 4.68 Å². The van der Waals surface area contributed by atoms with Gasteiger partial charge in [0.15, 0.2) is 0 Å². The SMILES string of the molecule is Cc1cnc(-c2nc(NC3CCN(S(=O)(=O)c4cnn(C)c4)CC3)ncc2C(F)(F)F)s1. The minimum absolute atomic E-state index is 0.0504. The smallest absolute Gasteiger partial charge is 0.351 e. The van der Waals surface area contributed by atoms with Gasteiger partial charge in [0.25, 0.3) is 0 Å². The van der Waals surface area contributed by atoms with Crippen molar-refractivity contribution in [1.82, 2.24) is 29.0 Å². The fourth-order valence-corrected chi connectivity index (χ4v) is 5.61. The average Bonchev–Trinajstić information content (AvgIpc) is 3.36. The van der Waals surface area contributed by atoms with Gasteiger partial charge < -0.3 is 5.32 Å². The zero-order valence-corrected chi connectivity index (χ0v) is 18.8. The number of aromatic nitrogens is 5. The molecule has 14 heteroatoms. The summed E-state index contributed by atoms with van der Waals surface area (Å²) in [6, 6.07) is -0.182. The molecule has 0 saturated carbocycles. The van der Waals surface area contributed by atoms with Crippen molar-refractivity contribution in [1.29, 1.82) is 0 Å². The van der Waals surface area contributed by atoms with E-state index in [1.165, 1.54) is 27.6 Å². The lowest BCUT2D eigenvalue weighted by Gasteiger charge is -2.31. The van der Waals surface area contributed by atoms with Gasteiger partial charge in [0.05, 0.1) is 6.20 Å². The monoisotopic (exact) mass is 487 g/mol. The molecule has 1 saturated heterocycles. The van der Waals surface area contributed by atoms with E-state index in [2.05, 4.69) is 25.4 Å². The van der Waals surface area contributed by atoms with Crippen molar-refractivity contribution in [2.45, 2.75) is 36.9 Å².